The van der Waals surface area contributed by atoms with Gasteiger partial charge in [-0.25, -0.2) is 0 Å². The van der Waals surface area contributed by atoms with E-state index in [9.17, 15) is 8.78 Å². The number of halogens is 3. The van der Waals surface area contributed by atoms with Gasteiger partial charge in [-0.15, -0.1) is 0 Å². The molecular formula is C15H20BrF2N. The van der Waals surface area contributed by atoms with E-state index in [1.165, 1.54) is 12.1 Å². The Morgan fingerprint density at radius 3 is 2.68 bits per heavy atom. The molecule has 19 heavy (non-hydrogen) atoms. The van der Waals surface area contributed by atoms with Crippen LogP contribution < -0.4 is 0 Å². The number of benzene rings is 1. The van der Waals surface area contributed by atoms with E-state index in [2.05, 4.69) is 15.9 Å². The molecular weight excluding hydrogens is 312 g/mol. The number of likely N-dealkylation sites (tertiary alicyclic amines) is 1. The van der Waals surface area contributed by atoms with E-state index in [0.717, 1.165) is 37.6 Å². The van der Waals surface area contributed by atoms with Gasteiger partial charge in [-0.1, -0.05) is 46.3 Å². The highest BCUT2D eigenvalue weighted by Gasteiger charge is 2.37. The van der Waals surface area contributed by atoms with Crippen LogP contribution in [0.3, 0.4) is 0 Å². The van der Waals surface area contributed by atoms with Crippen LogP contribution in [0, 0.1) is 0 Å². The molecule has 2 rings (SSSR count). The van der Waals surface area contributed by atoms with E-state index < -0.39 is 5.92 Å². The second-order valence-electron chi connectivity index (χ2n) is 5.17. The van der Waals surface area contributed by atoms with Gasteiger partial charge in [0.05, 0.1) is 6.54 Å². The van der Waals surface area contributed by atoms with Gasteiger partial charge in [-0.2, -0.15) is 8.78 Å². The summed E-state index contributed by atoms with van der Waals surface area (Å²) in [5.41, 5.74) is 0.126. The van der Waals surface area contributed by atoms with Gasteiger partial charge in [0, 0.05) is 16.9 Å². The predicted octanol–water partition coefficient (Wildman–Crippen LogP) is 4.42. The van der Waals surface area contributed by atoms with Gasteiger partial charge < -0.3 is 0 Å². The van der Waals surface area contributed by atoms with Crippen molar-refractivity contribution in [1.82, 2.24) is 4.90 Å². The van der Waals surface area contributed by atoms with Crippen molar-refractivity contribution >= 4 is 15.9 Å². The first-order valence-corrected chi connectivity index (χ1v) is 7.99. The average Bonchev–Trinajstić information content (AvgIpc) is 2.84. The predicted molar refractivity (Wildman–Crippen MR) is 78.0 cm³/mol. The molecule has 0 saturated carbocycles. The van der Waals surface area contributed by atoms with Crippen molar-refractivity contribution in [2.45, 2.75) is 37.6 Å². The van der Waals surface area contributed by atoms with Crippen molar-refractivity contribution in [1.29, 1.82) is 0 Å². The number of rotatable bonds is 6. The van der Waals surface area contributed by atoms with Gasteiger partial charge in [-0.3, -0.25) is 4.90 Å². The molecule has 0 amide bonds. The molecule has 0 radical (unpaired) electrons. The summed E-state index contributed by atoms with van der Waals surface area (Å²) in [5, 5.41) is 0.951. The van der Waals surface area contributed by atoms with Gasteiger partial charge in [-0.05, 0) is 32.2 Å². The average molecular weight is 332 g/mol. The lowest BCUT2D eigenvalue weighted by Gasteiger charge is -2.29. The highest BCUT2D eigenvalue weighted by Crippen LogP contribution is 2.32. The van der Waals surface area contributed by atoms with Crippen LogP contribution in [-0.4, -0.2) is 29.4 Å². The molecule has 1 unspecified atom stereocenters. The van der Waals surface area contributed by atoms with Gasteiger partial charge >= 0.3 is 0 Å². The molecule has 0 bridgehead atoms. The summed E-state index contributed by atoms with van der Waals surface area (Å²) in [7, 11) is 0. The van der Waals surface area contributed by atoms with E-state index in [-0.39, 0.29) is 12.1 Å². The quantitative estimate of drug-likeness (QED) is 0.697. The van der Waals surface area contributed by atoms with Crippen LogP contribution in [-0.2, 0) is 5.92 Å². The fraction of sp³-hybridized carbons (Fsp3) is 0.600. The standard InChI is InChI=1S/C15H20BrF2N/c16-10-4-8-14-9-5-11-19(14)12-15(17,18)13-6-2-1-3-7-13/h1-3,6-7,14H,4-5,8-12H2. The highest BCUT2D eigenvalue weighted by atomic mass is 79.9. The van der Waals surface area contributed by atoms with Gasteiger partial charge in [0.1, 0.15) is 0 Å². The maximum atomic E-state index is 14.3. The van der Waals surface area contributed by atoms with Crippen LogP contribution in [0.2, 0.25) is 0 Å². The lowest BCUT2D eigenvalue weighted by atomic mass is 10.1. The third-order valence-corrected chi connectivity index (χ3v) is 4.33. The zero-order valence-electron chi connectivity index (χ0n) is 11.0. The van der Waals surface area contributed by atoms with Crippen molar-refractivity contribution in [3.05, 3.63) is 35.9 Å². The molecule has 1 atom stereocenters. The largest absolute Gasteiger partial charge is 0.294 e. The van der Waals surface area contributed by atoms with Crippen molar-refractivity contribution in [3.8, 4) is 0 Å². The summed E-state index contributed by atoms with van der Waals surface area (Å²) in [6.07, 6.45) is 4.16. The van der Waals surface area contributed by atoms with Crippen LogP contribution in [0.15, 0.2) is 30.3 Å². The Morgan fingerprint density at radius 2 is 2.00 bits per heavy atom. The molecule has 0 aromatic heterocycles. The van der Waals surface area contributed by atoms with E-state index in [1.54, 1.807) is 18.2 Å². The minimum Gasteiger partial charge on any atom is -0.294 e. The molecule has 4 heteroatoms. The Hall–Kier alpha value is -0.480. The maximum absolute atomic E-state index is 14.3. The zero-order chi connectivity index (χ0) is 13.7. The zero-order valence-corrected chi connectivity index (χ0v) is 12.6. The molecule has 1 fully saturated rings. The first kappa shape index (κ1) is 14.9. The van der Waals surface area contributed by atoms with Crippen molar-refractivity contribution in [3.63, 3.8) is 0 Å². The Morgan fingerprint density at radius 1 is 1.26 bits per heavy atom. The van der Waals surface area contributed by atoms with E-state index in [0.29, 0.717) is 6.04 Å². The summed E-state index contributed by atoms with van der Waals surface area (Å²) in [4.78, 5) is 1.97. The van der Waals surface area contributed by atoms with Gasteiger partial charge in [0.2, 0.25) is 0 Å². The first-order chi connectivity index (χ1) is 9.13. The van der Waals surface area contributed by atoms with Crippen LogP contribution in [0.5, 0.6) is 0 Å². The lowest BCUT2D eigenvalue weighted by Crippen LogP contribution is -2.38. The molecule has 0 N–H and O–H groups in total. The topological polar surface area (TPSA) is 3.24 Å². The van der Waals surface area contributed by atoms with Crippen molar-refractivity contribution < 1.29 is 8.78 Å². The Kier molecular flexibility index (Phi) is 5.34. The Bertz CT molecular complexity index is 383. The van der Waals surface area contributed by atoms with Crippen LogP contribution >= 0.6 is 15.9 Å². The number of hydrogen-bond donors (Lipinski definition) is 0. The normalized spacial score (nSPS) is 20.9. The fourth-order valence-electron chi connectivity index (χ4n) is 2.77. The first-order valence-electron chi connectivity index (χ1n) is 6.87. The molecule has 1 aromatic rings. The number of hydrogen-bond acceptors (Lipinski definition) is 1. The second-order valence-corrected chi connectivity index (χ2v) is 5.96. The summed E-state index contributed by atoms with van der Waals surface area (Å²) >= 11 is 3.41. The third-order valence-electron chi connectivity index (χ3n) is 3.77. The summed E-state index contributed by atoms with van der Waals surface area (Å²) in [5.74, 6) is -2.75. The SMILES string of the molecule is FC(F)(CN1CCCC1CCCBr)c1ccccc1. The maximum Gasteiger partial charge on any atom is 0.285 e. The van der Waals surface area contributed by atoms with Crippen LogP contribution in [0.1, 0.15) is 31.2 Å². The Labute approximate surface area is 122 Å². The van der Waals surface area contributed by atoms with Crippen molar-refractivity contribution in [2.75, 3.05) is 18.4 Å². The number of alkyl halides is 3. The molecule has 1 nitrogen and oxygen atoms in total. The van der Waals surface area contributed by atoms with Gasteiger partial charge in [0.15, 0.2) is 0 Å². The van der Waals surface area contributed by atoms with E-state index >= 15 is 0 Å². The Balaban J connectivity index is 1.99. The summed E-state index contributed by atoms with van der Waals surface area (Å²) < 4.78 is 28.5. The molecule has 1 heterocycles. The molecule has 106 valence electrons. The molecule has 1 saturated heterocycles. The summed E-state index contributed by atoms with van der Waals surface area (Å²) in [6.45, 7) is 0.652. The van der Waals surface area contributed by atoms with E-state index in [1.807, 2.05) is 4.90 Å². The molecule has 1 aromatic carbocycles. The van der Waals surface area contributed by atoms with Crippen LogP contribution in [0.25, 0.3) is 0 Å². The number of nitrogens with zero attached hydrogens (tertiary/aromatic N) is 1. The monoisotopic (exact) mass is 331 g/mol. The van der Waals surface area contributed by atoms with Crippen LogP contribution in [0.4, 0.5) is 8.78 Å². The van der Waals surface area contributed by atoms with E-state index in [4.69, 9.17) is 0 Å². The lowest BCUT2D eigenvalue weighted by molar-refractivity contribution is -0.0415. The van der Waals surface area contributed by atoms with Gasteiger partial charge in [0.25, 0.3) is 5.92 Å². The fourth-order valence-corrected chi connectivity index (χ4v) is 3.10. The summed E-state index contributed by atoms with van der Waals surface area (Å²) in [6, 6.07) is 8.49. The third kappa shape index (κ3) is 3.99. The molecule has 1 aliphatic heterocycles. The molecule has 1 aliphatic rings. The minimum atomic E-state index is -2.75. The second kappa shape index (κ2) is 6.80. The van der Waals surface area contributed by atoms with Crippen molar-refractivity contribution in [2.24, 2.45) is 0 Å². The highest BCUT2D eigenvalue weighted by molar-refractivity contribution is 9.09. The molecule has 0 spiro atoms. The minimum absolute atomic E-state index is 0.126. The smallest absolute Gasteiger partial charge is 0.285 e. The molecule has 0 aliphatic carbocycles.